The molecule has 0 fully saturated rings. The van der Waals surface area contributed by atoms with Crippen molar-refractivity contribution in [2.45, 2.75) is 26.2 Å². The van der Waals surface area contributed by atoms with Crippen molar-refractivity contribution in [2.24, 2.45) is 0 Å². The molecule has 0 aliphatic carbocycles. The van der Waals surface area contributed by atoms with Gasteiger partial charge in [-0.25, -0.2) is 0 Å². The fraction of sp³-hybridized carbons (Fsp3) is 0.0769. The second-order valence-electron chi connectivity index (χ2n) is 16.5. The molecule has 2 aliphatic heterocycles. The first-order chi connectivity index (χ1) is 26.3. The normalized spacial score (nSPS) is 14.6. The third kappa shape index (κ3) is 4.48. The molecular formula is C52H40Si2. The zero-order chi connectivity index (χ0) is 36.3. The summed E-state index contributed by atoms with van der Waals surface area (Å²) in [7, 11) is -4.07. The molecule has 0 N–H and O–H groups in total. The molecule has 0 unspecified atom stereocenters. The van der Waals surface area contributed by atoms with E-state index in [-0.39, 0.29) is 0 Å². The van der Waals surface area contributed by atoms with Gasteiger partial charge in [0.25, 0.3) is 0 Å². The van der Waals surface area contributed by atoms with Gasteiger partial charge in [0, 0.05) is 0 Å². The highest BCUT2D eigenvalue weighted by molar-refractivity contribution is 7.05. The SMILES string of the molecule is C[Si]1(C)c2cc(-c3ccc(-c4ccc5ccccc5c4)cc3)ccc2-c2c1cc1c3c(cccc23)[Si](C)(C)c2cc(-c3cccc4ccccc34)ccc2-1. The second kappa shape index (κ2) is 11.4. The third-order valence-corrected chi connectivity index (χ3v) is 19.9. The minimum Gasteiger partial charge on any atom is -0.0619 e. The van der Waals surface area contributed by atoms with Gasteiger partial charge in [-0.15, -0.1) is 0 Å². The molecule has 0 atom stereocenters. The van der Waals surface area contributed by atoms with Crippen LogP contribution < -0.4 is 20.7 Å². The van der Waals surface area contributed by atoms with E-state index in [2.05, 4.69) is 196 Å². The van der Waals surface area contributed by atoms with Crippen LogP contribution in [0.2, 0.25) is 26.2 Å². The highest BCUT2D eigenvalue weighted by Crippen LogP contribution is 2.43. The molecule has 54 heavy (non-hydrogen) atoms. The summed E-state index contributed by atoms with van der Waals surface area (Å²) in [4.78, 5) is 0. The van der Waals surface area contributed by atoms with Gasteiger partial charge in [0.2, 0.25) is 0 Å². The van der Waals surface area contributed by atoms with Crippen LogP contribution in [0.5, 0.6) is 0 Å². The maximum absolute atomic E-state index is 2.63. The summed E-state index contributed by atoms with van der Waals surface area (Å²) in [5.41, 5.74) is 13.5. The fourth-order valence-electron chi connectivity index (χ4n) is 9.91. The average molecular weight is 721 g/mol. The van der Waals surface area contributed by atoms with Crippen LogP contribution in [0, 0.1) is 0 Å². The molecule has 0 amide bonds. The van der Waals surface area contributed by atoms with Gasteiger partial charge in [-0.1, -0.05) is 190 Å². The highest BCUT2D eigenvalue weighted by atomic mass is 28.3. The summed E-state index contributed by atoms with van der Waals surface area (Å²) in [6, 6.07) is 64.6. The standard InChI is InChI=1S/C52H40Si2/c1-53(2)47-18-10-17-45-51-44-28-25-39(35-21-19-34(20-22-35)38-24-23-33-11-5-6-13-37(33)29-38)30-49(44)54(3,4)50(51)32-46(52(45)47)43-27-26-40(31-48(43)53)42-16-9-14-36-12-7-8-15-41(36)42/h5-32H,1-4H3. The van der Waals surface area contributed by atoms with E-state index in [0.29, 0.717) is 0 Å². The summed E-state index contributed by atoms with van der Waals surface area (Å²) >= 11 is 0. The molecule has 0 saturated carbocycles. The van der Waals surface area contributed by atoms with Gasteiger partial charge in [-0.3, -0.25) is 0 Å². The molecule has 0 saturated heterocycles. The lowest BCUT2D eigenvalue weighted by Gasteiger charge is -2.35. The van der Waals surface area contributed by atoms with Crippen LogP contribution in [-0.2, 0) is 0 Å². The molecule has 0 spiro atoms. The van der Waals surface area contributed by atoms with Crippen LogP contribution in [0.3, 0.4) is 0 Å². The Labute approximate surface area is 319 Å². The van der Waals surface area contributed by atoms with Gasteiger partial charge >= 0.3 is 0 Å². The van der Waals surface area contributed by atoms with E-state index in [9.17, 15) is 0 Å². The van der Waals surface area contributed by atoms with Gasteiger partial charge in [0.15, 0.2) is 0 Å². The Morgan fingerprint density at radius 2 is 0.852 bits per heavy atom. The van der Waals surface area contributed by atoms with E-state index < -0.39 is 16.1 Å². The first kappa shape index (κ1) is 31.7. The number of fused-ring (bicyclic) bond motifs is 8. The third-order valence-electron chi connectivity index (χ3n) is 12.9. The predicted octanol–water partition coefficient (Wildman–Crippen LogP) is 11.8. The highest BCUT2D eigenvalue weighted by Gasteiger charge is 2.42. The van der Waals surface area contributed by atoms with E-state index in [1.165, 1.54) is 88.0 Å². The van der Waals surface area contributed by atoms with Gasteiger partial charge in [-0.05, 0) is 115 Å². The maximum atomic E-state index is 2.63. The molecule has 9 aromatic rings. The van der Waals surface area contributed by atoms with E-state index in [1.54, 1.807) is 20.7 Å². The minimum absolute atomic E-state index is 1.25. The van der Waals surface area contributed by atoms with E-state index >= 15 is 0 Å². The van der Waals surface area contributed by atoms with Crippen LogP contribution in [0.1, 0.15) is 0 Å². The molecule has 0 bridgehead atoms. The topological polar surface area (TPSA) is 0 Å². The quantitative estimate of drug-likeness (QED) is 0.159. The molecule has 256 valence electrons. The number of hydrogen-bond acceptors (Lipinski definition) is 0. The van der Waals surface area contributed by atoms with Crippen molar-refractivity contribution in [3.8, 4) is 55.6 Å². The average Bonchev–Trinajstić information content (AvgIpc) is 3.44. The smallest absolute Gasteiger partial charge is 0.0619 e. The van der Waals surface area contributed by atoms with Crippen molar-refractivity contribution in [1.82, 2.24) is 0 Å². The molecule has 9 aromatic carbocycles. The van der Waals surface area contributed by atoms with Gasteiger partial charge in [-0.2, -0.15) is 0 Å². The number of rotatable bonds is 3. The Hall–Kier alpha value is -5.81. The Morgan fingerprint density at radius 3 is 1.67 bits per heavy atom. The largest absolute Gasteiger partial charge is 0.113 e. The summed E-state index contributed by atoms with van der Waals surface area (Å²) in [6.07, 6.45) is 0. The van der Waals surface area contributed by atoms with Crippen molar-refractivity contribution in [3.05, 3.63) is 170 Å². The molecule has 0 nitrogen and oxygen atoms in total. The summed E-state index contributed by atoms with van der Waals surface area (Å²) in [5, 5.41) is 14.4. The van der Waals surface area contributed by atoms with E-state index in [0.717, 1.165) is 0 Å². The molecule has 2 heteroatoms. The van der Waals surface area contributed by atoms with Crippen molar-refractivity contribution >= 4 is 69.2 Å². The summed E-state index contributed by atoms with van der Waals surface area (Å²) in [5.74, 6) is 0. The number of hydrogen-bond donors (Lipinski definition) is 0. The van der Waals surface area contributed by atoms with E-state index in [1.807, 2.05) is 0 Å². The number of benzene rings is 9. The summed E-state index contributed by atoms with van der Waals surface area (Å²) < 4.78 is 0. The molecule has 2 aliphatic rings. The lowest BCUT2D eigenvalue weighted by molar-refractivity contribution is 1.61. The zero-order valence-corrected chi connectivity index (χ0v) is 33.2. The minimum atomic E-state index is -2.04. The van der Waals surface area contributed by atoms with E-state index in [4.69, 9.17) is 0 Å². The van der Waals surface area contributed by atoms with Gasteiger partial charge in [0.1, 0.15) is 16.1 Å². The first-order valence-corrected chi connectivity index (χ1v) is 25.3. The Balaban J connectivity index is 1.03. The lowest BCUT2D eigenvalue weighted by atomic mass is 9.90. The lowest BCUT2D eigenvalue weighted by Crippen LogP contribution is -2.56. The molecule has 2 heterocycles. The maximum Gasteiger partial charge on any atom is 0.113 e. The van der Waals surface area contributed by atoms with Crippen molar-refractivity contribution in [1.29, 1.82) is 0 Å². The van der Waals surface area contributed by atoms with Crippen molar-refractivity contribution in [2.75, 3.05) is 0 Å². The Morgan fingerprint density at radius 1 is 0.296 bits per heavy atom. The van der Waals surface area contributed by atoms with Crippen LogP contribution >= 0.6 is 0 Å². The van der Waals surface area contributed by atoms with Crippen molar-refractivity contribution < 1.29 is 0 Å². The Bertz CT molecular complexity index is 3030. The van der Waals surface area contributed by atoms with Crippen LogP contribution in [-0.4, -0.2) is 16.1 Å². The summed E-state index contributed by atoms with van der Waals surface area (Å²) in [6.45, 7) is 10.3. The molecule has 0 radical (unpaired) electrons. The van der Waals surface area contributed by atoms with Crippen LogP contribution in [0.4, 0.5) is 0 Å². The van der Waals surface area contributed by atoms with Crippen molar-refractivity contribution in [3.63, 3.8) is 0 Å². The fourth-order valence-corrected chi connectivity index (χ4v) is 16.1. The second-order valence-corrected chi connectivity index (χ2v) is 25.2. The predicted molar refractivity (Wildman–Crippen MR) is 240 cm³/mol. The molecular weight excluding hydrogens is 681 g/mol. The van der Waals surface area contributed by atoms with Crippen LogP contribution in [0.15, 0.2) is 170 Å². The molecule has 11 rings (SSSR count). The van der Waals surface area contributed by atoms with Crippen LogP contribution in [0.25, 0.3) is 88.0 Å². The Kier molecular flexibility index (Phi) is 6.66. The van der Waals surface area contributed by atoms with Gasteiger partial charge < -0.3 is 0 Å². The zero-order valence-electron chi connectivity index (χ0n) is 31.2. The molecule has 0 aromatic heterocycles. The first-order valence-electron chi connectivity index (χ1n) is 19.3. The monoisotopic (exact) mass is 720 g/mol. The van der Waals surface area contributed by atoms with Gasteiger partial charge in [0.05, 0.1) is 0 Å².